The molecule has 0 atom stereocenters. The van der Waals surface area contributed by atoms with E-state index in [1.165, 1.54) is 0 Å². The molecule has 0 aromatic heterocycles. The number of hydrogen-bond donors (Lipinski definition) is 1. The molecule has 0 aliphatic carbocycles. The van der Waals surface area contributed by atoms with Gasteiger partial charge in [0.25, 0.3) is 0 Å². The molecule has 0 amide bonds. The standard InChI is InChI=1S/C18H21NO4S/c1-14-4-6-16(7-5-14)12-24(20,21)19-10-2-3-15-8-9-17-18(11-15)23-13-22-17/h4-9,11,19H,2-3,10,12-13H2,1H3. The summed E-state index contributed by atoms with van der Waals surface area (Å²) in [5, 5.41) is 0. The quantitative estimate of drug-likeness (QED) is 0.782. The Labute approximate surface area is 142 Å². The third kappa shape index (κ3) is 4.49. The zero-order valence-corrected chi connectivity index (χ0v) is 14.4. The van der Waals surface area contributed by atoms with Gasteiger partial charge in [0.2, 0.25) is 16.8 Å². The van der Waals surface area contributed by atoms with E-state index in [9.17, 15) is 8.42 Å². The predicted molar refractivity (Wildman–Crippen MR) is 92.7 cm³/mol. The third-order valence-electron chi connectivity index (χ3n) is 3.88. The molecule has 24 heavy (non-hydrogen) atoms. The van der Waals surface area contributed by atoms with Gasteiger partial charge in [0, 0.05) is 6.54 Å². The molecule has 0 saturated heterocycles. The normalized spacial score (nSPS) is 13.2. The molecule has 0 radical (unpaired) electrons. The maximum Gasteiger partial charge on any atom is 0.231 e. The molecule has 0 bridgehead atoms. The van der Waals surface area contributed by atoms with Crippen molar-refractivity contribution in [2.45, 2.75) is 25.5 Å². The van der Waals surface area contributed by atoms with E-state index in [0.717, 1.165) is 41.0 Å². The van der Waals surface area contributed by atoms with Crippen LogP contribution in [0, 0.1) is 6.92 Å². The van der Waals surface area contributed by atoms with Crippen LogP contribution in [0.15, 0.2) is 42.5 Å². The minimum atomic E-state index is -3.31. The fraction of sp³-hybridized carbons (Fsp3) is 0.333. The molecule has 2 aromatic carbocycles. The summed E-state index contributed by atoms with van der Waals surface area (Å²) in [4.78, 5) is 0. The van der Waals surface area contributed by atoms with E-state index in [1.54, 1.807) is 0 Å². The van der Waals surface area contributed by atoms with Gasteiger partial charge < -0.3 is 9.47 Å². The number of nitrogens with one attached hydrogen (secondary N) is 1. The predicted octanol–water partition coefficient (Wildman–Crippen LogP) is 2.78. The summed E-state index contributed by atoms with van der Waals surface area (Å²) in [5.41, 5.74) is 3.02. The number of fused-ring (bicyclic) bond motifs is 1. The molecular weight excluding hydrogens is 326 g/mol. The second-order valence-electron chi connectivity index (χ2n) is 5.93. The Morgan fingerprint density at radius 3 is 2.50 bits per heavy atom. The molecule has 0 fully saturated rings. The average molecular weight is 347 g/mol. The summed E-state index contributed by atoms with van der Waals surface area (Å²) in [5.74, 6) is 1.53. The van der Waals surface area contributed by atoms with Gasteiger partial charge in [-0.25, -0.2) is 13.1 Å². The molecule has 2 aromatic rings. The molecule has 128 valence electrons. The van der Waals surface area contributed by atoms with Crippen LogP contribution >= 0.6 is 0 Å². The molecule has 1 N–H and O–H groups in total. The SMILES string of the molecule is Cc1ccc(CS(=O)(=O)NCCCc2ccc3c(c2)OCO3)cc1. The molecule has 5 nitrogen and oxygen atoms in total. The minimum absolute atomic E-state index is 0.0112. The van der Waals surface area contributed by atoms with Crippen molar-refractivity contribution in [2.24, 2.45) is 0 Å². The lowest BCUT2D eigenvalue weighted by Gasteiger charge is -2.08. The largest absolute Gasteiger partial charge is 0.454 e. The third-order valence-corrected chi connectivity index (χ3v) is 5.24. The first kappa shape index (κ1) is 16.8. The van der Waals surface area contributed by atoms with Crippen molar-refractivity contribution < 1.29 is 17.9 Å². The van der Waals surface area contributed by atoms with Crippen LogP contribution in [0.5, 0.6) is 11.5 Å². The zero-order chi connectivity index (χ0) is 17.0. The maximum absolute atomic E-state index is 12.1. The molecule has 1 aliphatic rings. The summed E-state index contributed by atoms with van der Waals surface area (Å²) in [6, 6.07) is 13.4. The van der Waals surface area contributed by atoms with E-state index < -0.39 is 10.0 Å². The number of hydrogen-bond acceptors (Lipinski definition) is 4. The van der Waals surface area contributed by atoms with Gasteiger partial charge >= 0.3 is 0 Å². The van der Waals surface area contributed by atoms with Crippen LogP contribution in [0.4, 0.5) is 0 Å². The highest BCUT2D eigenvalue weighted by Gasteiger charge is 2.14. The van der Waals surface area contributed by atoms with Gasteiger partial charge in [0.05, 0.1) is 5.75 Å². The first-order chi connectivity index (χ1) is 11.5. The maximum atomic E-state index is 12.1. The van der Waals surface area contributed by atoms with Crippen LogP contribution in [-0.2, 0) is 22.2 Å². The first-order valence-corrected chi connectivity index (χ1v) is 9.58. The fourth-order valence-electron chi connectivity index (χ4n) is 2.57. The molecule has 0 unspecified atom stereocenters. The lowest BCUT2D eigenvalue weighted by Crippen LogP contribution is -2.26. The molecule has 6 heteroatoms. The Bertz CT molecular complexity index is 800. The second kappa shape index (κ2) is 7.23. The van der Waals surface area contributed by atoms with Gasteiger partial charge in [-0.2, -0.15) is 0 Å². The van der Waals surface area contributed by atoms with Gasteiger partial charge in [-0.1, -0.05) is 35.9 Å². The van der Waals surface area contributed by atoms with Crippen LogP contribution in [0.2, 0.25) is 0 Å². The zero-order valence-electron chi connectivity index (χ0n) is 13.6. The van der Waals surface area contributed by atoms with Crippen molar-refractivity contribution in [2.75, 3.05) is 13.3 Å². The van der Waals surface area contributed by atoms with Crippen molar-refractivity contribution in [1.82, 2.24) is 4.72 Å². The number of benzene rings is 2. The van der Waals surface area contributed by atoms with E-state index in [1.807, 2.05) is 49.4 Å². The lowest BCUT2D eigenvalue weighted by molar-refractivity contribution is 0.174. The second-order valence-corrected chi connectivity index (χ2v) is 7.74. The molecule has 1 aliphatic heterocycles. The summed E-state index contributed by atoms with van der Waals surface area (Å²) in [6.07, 6.45) is 1.51. The van der Waals surface area contributed by atoms with Gasteiger partial charge in [0.1, 0.15) is 0 Å². The number of ether oxygens (including phenoxy) is 2. The monoisotopic (exact) mass is 347 g/mol. The van der Waals surface area contributed by atoms with Crippen molar-refractivity contribution in [3.8, 4) is 11.5 Å². The summed E-state index contributed by atoms with van der Waals surface area (Å²) < 4.78 is 37.5. The van der Waals surface area contributed by atoms with Crippen molar-refractivity contribution in [3.05, 3.63) is 59.2 Å². The molecule has 0 saturated carbocycles. The summed E-state index contributed by atoms with van der Waals surface area (Å²) in [6.45, 7) is 2.66. The van der Waals surface area contributed by atoms with Gasteiger partial charge in [0.15, 0.2) is 11.5 Å². The molecule has 1 heterocycles. The average Bonchev–Trinajstić information content (AvgIpc) is 3.01. The first-order valence-electron chi connectivity index (χ1n) is 7.93. The summed E-state index contributed by atoms with van der Waals surface area (Å²) >= 11 is 0. The van der Waals surface area contributed by atoms with Crippen molar-refractivity contribution in [3.63, 3.8) is 0 Å². The Morgan fingerprint density at radius 1 is 1.00 bits per heavy atom. The molecule has 3 rings (SSSR count). The van der Waals surface area contributed by atoms with Crippen LogP contribution in [0.3, 0.4) is 0 Å². The molecule has 0 spiro atoms. The van der Waals surface area contributed by atoms with Crippen LogP contribution in [-0.4, -0.2) is 21.8 Å². The highest BCUT2D eigenvalue weighted by molar-refractivity contribution is 7.88. The Hall–Kier alpha value is -2.05. The Kier molecular flexibility index (Phi) is 5.06. The molecular formula is C18H21NO4S. The highest BCUT2D eigenvalue weighted by atomic mass is 32.2. The minimum Gasteiger partial charge on any atom is -0.454 e. The number of sulfonamides is 1. The highest BCUT2D eigenvalue weighted by Crippen LogP contribution is 2.32. The topological polar surface area (TPSA) is 64.6 Å². The van der Waals surface area contributed by atoms with E-state index in [-0.39, 0.29) is 12.5 Å². The van der Waals surface area contributed by atoms with Crippen LogP contribution in [0.25, 0.3) is 0 Å². The van der Waals surface area contributed by atoms with E-state index in [4.69, 9.17) is 9.47 Å². The Balaban J connectivity index is 1.46. The van der Waals surface area contributed by atoms with E-state index in [2.05, 4.69) is 4.72 Å². The fourth-order valence-corrected chi connectivity index (χ4v) is 3.76. The number of aryl methyl sites for hydroxylation is 2. The van der Waals surface area contributed by atoms with Gasteiger partial charge in [-0.3, -0.25) is 0 Å². The summed E-state index contributed by atoms with van der Waals surface area (Å²) in [7, 11) is -3.31. The van der Waals surface area contributed by atoms with Crippen LogP contribution in [0.1, 0.15) is 23.1 Å². The van der Waals surface area contributed by atoms with Crippen molar-refractivity contribution >= 4 is 10.0 Å². The van der Waals surface area contributed by atoms with Crippen LogP contribution < -0.4 is 14.2 Å². The van der Waals surface area contributed by atoms with Gasteiger partial charge in [-0.05, 0) is 43.0 Å². The smallest absolute Gasteiger partial charge is 0.231 e. The number of rotatable bonds is 7. The van der Waals surface area contributed by atoms with Gasteiger partial charge in [-0.15, -0.1) is 0 Å². The van der Waals surface area contributed by atoms with E-state index >= 15 is 0 Å². The lowest BCUT2D eigenvalue weighted by atomic mass is 10.1. The van der Waals surface area contributed by atoms with Crippen molar-refractivity contribution in [1.29, 1.82) is 0 Å². The van der Waals surface area contributed by atoms with E-state index in [0.29, 0.717) is 6.54 Å². The Morgan fingerprint density at radius 2 is 1.71 bits per heavy atom.